The number of nitrogens with one attached hydrogen (secondary N) is 1. The van der Waals surface area contributed by atoms with Crippen LogP contribution in [0.15, 0.2) is 36.4 Å². The van der Waals surface area contributed by atoms with Crippen LogP contribution in [-0.4, -0.2) is 11.9 Å². The Hall–Kier alpha value is -2.17. The van der Waals surface area contributed by atoms with Gasteiger partial charge < -0.3 is 15.2 Å². The zero-order valence-electron chi connectivity index (χ0n) is 10.6. The zero-order valence-corrected chi connectivity index (χ0v) is 10.6. The number of allylic oxidation sites excluding steroid dienone is 2. The van der Waals surface area contributed by atoms with Gasteiger partial charge in [0, 0.05) is 17.6 Å². The highest BCUT2D eigenvalue weighted by Crippen LogP contribution is 2.48. The maximum absolute atomic E-state index is 13.1. The summed E-state index contributed by atoms with van der Waals surface area (Å²) in [7, 11) is 0. The van der Waals surface area contributed by atoms with Gasteiger partial charge in [-0.2, -0.15) is 0 Å². The summed E-state index contributed by atoms with van der Waals surface area (Å²) in [5, 5.41) is 13.8. The van der Waals surface area contributed by atoms with Crippen molar-refractivity contribution in [3.63, 3.8) is 0 Å². The summed E-state index contributed by atoms with van der Waals surface area (Å²) in [4.78, 5) is 23.5. The smallest absolute Gasteiger partial charge is 0.228 e. The van der Waals surface area contributed by atoms with Crippen molar-refractivity contribution in [1.82, 2.24) is 0 Å². The third-order valence-corrected chi connectivity index (χ3v) is 4.13. The molecule has 4 atom stereocenters. The number of benzene rings is 1. The van der Waals surface area contributed by atoms with Crippen molar-refractivity contribution in [1.29, 1.82) is 0 Å². The molecule has 1 aromatic rings. The molecule has 20 heavy (non-hydrogen) atoms. The van der Waals surface area contributed by atoms with Crippen LogP contribution in [0.25, 0.3) is 0 Å². The molecule has 1 fully saturated rings. The average Bonchev–Trinajstić information content (AvgIpc) is 2.98. The molecule has 0 heterocycles. The van der Waals surface area contributed by atoms with Crippen LogP contribution in [0.5, 0.6) is 0 Å². The number of carbonyl (C=O) groups excluding carboxylic acids is 2. The van der Waals surface area contributed by atoms with Gasteiger partial charge in [-0.1, -0.05) is 18.2 Å². The highest BCUT2D eigenvalue weighted by Gasteiger charge is 2.48. The second-order valence-electron chi connectivity index (χ2n) is 5.32. The van der Waals surface area contributed by atoms with Crippen molar-refractivity contribution in [3.8, 4) is 0 Å². The number of hydrogen-bond acceptors (Lipinski definition) is 3. The SMILES string of the molecule is O=C(Nc1cccc(F)c1)[C@@H]1[C@@H](C(=O)[O-])[C@H]2C=C[C@@H]1C2. The predicted octanol–water partition coefficient (Wildman–Crippen LogP) is 0.952. The second kappa shape index (κ2) is 4.74. The van der Waals surface area contributed by atoms with E-state index in [0.29, 0.717) is 12.1 Å². The van der Waals surface area contributed by atoms with Crippen molar-refractivity contribution in [3.05, 3.63) is 42.2 Å². The lowest BCUT2D eigenvalue weighted by Crippen LogP contribution is -2.42. The topological polar surface area (TPSA) is 69.2 Å². The molecular formula is C15H13FNO3-. The largest absolute Gasteiger partial charge is 0.550 e. The minimum atomic E-state index is -1.19. The fourth-order valence-electron chi connectivity index (χ4n) is 3.29. The zero-order chi connectivity index (χ0) is 14.3. The van der Waals surface area contributed by atoms with Crippen LogP contribution in [0.2, 0.25) is 0 Å². The van der Waals surface area contributed by atoms with Crippen LogP contribution >= 0.6 is 0 Å². The van der Waals surface area contributed by atoms with Gasteiger partial charge in [0.05, 0.1) is 5.92 Å². The number of anilines is 1. The van der Waals surface area contributed by atoms with Gasteiger partial charge in [0.1, 0.15) is 5.82 Å². The number of carbonyl (C=O) groups is 2. The number of amides is 1. The summed E-state index contributed by atoms with van der Waals surface area (Å²) < 4.78 is 13.1. The van der Waals surface area contributed by atoms with Crippen LogP contribution < -0.4 is 10.4 Å². The molecule has 1 saturated carbocycles. The van der Waals surface area contributed by atoms with Crippen LogP contribution in [0.1, 0.15) is 6.42 Å². The summed E-state index contributed by atoms with van der Waals surface area (Å²) in [5.74, 6) is -3.67. The Kier molecular flexibility index (Phi) is 3.04. The van der Waals surface area contributed by atoms with Gasteiger partial charge in [-0.25, -0.2) is 4.39 Å². The molecule has 0 aromatic heterocycles. The molecule has 0 radical (unpaired) electrons. The van der Waals surface area contributed by atoms with Gasteiger partial charge in [-0.15, -0.1) is 0 Å². The molecule has 2 bridgehead atoms. The first-order valence-electron chi connectivity index (χ1n) is 6.52. The van der Waals surface area contributed by atoms with Gasteiger partial charge in [-0.3, -0.25) is 4.79 Å². The van der Waals surface area contributed by atoms with E-state index in [2.05, 4.69) is 5.32 Å². The van der Waals surface area contributed by atoms with E-state index in [1.54, 1.807) is 6.07 Å². The maximum atomic E-state index is 13.1. The number of halogens is 1. The molecular weight excluding hydrogens is 261 g/mol. The molecule has 1 aromatic carbocycles. The molecule has 0 spiro atoms. The van der Waals surface area contributed by atoms with Gasteiger partial charge in [0.15, 0.2) is 0 Å². The molecule has 0 aliphatic heterocycles. The first kappa shape index (κ1) is 12.8. The number of rotatable bonds is 3. The van der Waals surface area contributed by atoms with E-state index in [1.165, 1.54) is 18.2 Å². The van der Waals surface area contributed by atoms with Crippen LogP contribution in [0, 0.1) is 29.5 Å². The highest BCUT2D eigenvalue weighted by molar-refractivity contribution is 5.96. The molecule has 3 rings (SSSR count). The Balaban J connectivity index is 1.80. The van der Waals surface area contributed by atoms with E-state index < -0.39 is 23.6 Å². The lowest BCUT2D eigenvalue weighted by Gasteiger charge is -2.27. The monoisotopic (exact) mass is 274 g/mol. The van der Waals surface area contributed by atoms with E-state index >= 15 is 0 Å². The lowest BCUT2D eigenvalue weighted by molar-refractivity contribution is -0.313. The molecule has 2 aliphatic carbocycles. The minimum absolute atomic E-state index is 0.0727. The van der Waals surface area contributed by atoms with E-state index in [1.807, 2.05) is 12.2 Å². The van der Waals surface area contributed by atoms with E-state index in [9.17, 15) is 19.1 Å². The Morgan fingerprint density at radius 3 is 2.55 bits per heavy atom. The number of aliphatic carboxylic acids is 1. The Morgan fingerprint density at radius 1 is 1.20 bits per heavy atom. The first-order chi connectivity index (χ1) is 9.56. The molecule has 4 nitrogen and oxygen atoms in total. The molecule has 2 aliphatic rings. The molecule has 1 amide bonds. The number of hydrogen-bond donors (Lipinski definition) is 1. The van der Waals surface area contributed by atoms with E-state index in [-0.39, 0.29) is 17.7 Å². The Morgan fingerprint density at radius 2 is 1.90 bits per heavy atom. The third kappa shape index (κ3) is 2.09. The average molecular weight is 274 g/mol. The number of carboxylic acids is 1. The van der Waals surface area contributed by atoms with Gasteiger partial charge in [-0.05, 0) is 36.5 Å². The van der Waals surface area contributed by atoms with Crippen LogP contribution in [0.4, 0.5) is 10.1 Å². The van der Waals surface area contributed by atoms with Crippen molar-refractivity contribution in [2.45, 2.75) is 6.42 Å². The normalized spacial score (nSPS) is 30.4. The van der Waals surface area contributed by atoms with E-state index in [4.69, 9.17) is 0 Å². The molecule has 1 N–H and O–H groups in total. The first-order valence-corrected chi connectivity index (χ1v) is 6.52. The summed E-state index contributed by atoms with van der Waals surface area (Å²) in [6.45, 7) is 0. The summed E-state index contributed by atoms with van der Waals surface area (Å²) >= 11 is 0. The molecule has 0 saturated heterocycles. The molecule has 104 valence electrons. The van der Waals surface area contributed by atoms with Crippen molar-refractivity contribution >= 4 is 17.6 Å². The fourth-order valence-corrected chi connectivity index (χ4v) is 3.29. The van der Waals surface area contributed by atoms with Crippen molar-refractivity contribution in [2.24, 2.45) is 23.7 Å². The maximum Gasteiger partial charge on any atom is 0.228 e. The lowest BCUT2D eigenvalue weighted by atomic mass is 9.82. The molecule has 5 heteroatoms. The number of carboxylic acid groups (broad SMARTS) is 1. The minimum Gasteiger partial charge on any atom is -0.550 e. The van der Waals surface area contributed by atoms with E-state index in [0.717, 1.165) is 0 Å². The Labute approximate surface area is 115 Å². The highest BCUT2D eigenvalue weighted by atomic mass is 19.1. The predicted molar refractivity (Wildman–Crippen MR) is 67.8 cm³/mol. The van der Waals surface area contributed by atoms with Gasteiger partial charge in [0.2, 0.25) is 5.91 Å². The Bertz CT molecular complexity index is 599. The van der Waals surface area contributed by atoms with Crippen molar-refractivity contribution < 1.29 is 19.1 Å². The summed E-state index contributed by atoms with van der Waals surface area (Å²) in [6, 6.07) is 5.54. The van der Waals surface area contributed by atoms with Crippen molar-refractivity contribution in [2.75, 3.05) is 5.32 Å². The third-order valence-electron chi connectivity index (χ3n) is 4.13. The molecule has 0 unspecified atom stereocenters. The quantitative estimate of drug-likeness (QED) is 0.834. The van der Waals surface area contributed by atoms with Crippen LogP contribution in [0.3, 0.4) is 0 Å². The summed E-state index contributed by atoms with van der Waals surface area (Å²) in [6.07, 6.45) is 4.40. The van der Waals surface area contributed by atoms with Gasteiger partial charge in [0.25, 0.3) is 0 Å². The fraction of sp³-hybridized carbons (Fsp3) is 0.333. The standard InChI is InChI=1S/C15H14FNO3/c16-10-2-1-3-11(7-10)17-14(18)12-8-4-5-9(6-8)13(12)15(19)20/h1-5,7-9,12-13H,6H2,(H,17,18)(H,19,20)/p-1/t8-,9+,12+,13+/m1/s1. The number of fused-ring (bicyclic) bond motifs is 2. The summed E-state index contributed by atoms with van der Waals surface area (Å²) in [5.41, 5.74) is 0.332. The van der Waals surface area contributed by atoms with Crippen LogP contribution in [-0.2, 0) is 9.59 Å². The second-order valence-corrected chi connectivity index (χ2v) is 5.32. The van der Waals surface area contributed by atoms with Gasteiger partial charge >= 0.3 is 0 Å².